The Morgan fingerprint density at radius 3 is 2.96 bits per heavy atom. The Kier molecular flexibility index (Phi) is 4.29. The Morgan fingerprint density at radius 2 is 2.16 bits per heavy atom. The summed E-state index contributed by atoms with van der Waals surface area (Å²) in [4.78, 5) is 18.6. The number of hydrogen-bond donors (Lipinski definition) is 1. The van der Waals surface area contributed by atoms with Crippen LogP contribution < -0.4 is 0 Å². The Hall–Kier alpha value is -1.85. The highest BCUT2D eigenvalue weighted by Gasteiger charge is 2.40. The van der Waals surface area contributed by atoms with Gasteiger partial charge in [0.2, 0.25) is 0 Å². The van der Waals surface area contributed by atoms with Gasteiger partial charge in [-0.05, 0) is 56.9 Å². The molecule has 4 rings (SSSR count). The molecule has 1 aliphatic carbocycles. The topological polar surface area (TPSA) is 54.6 Å². The SMILES string of the molecule is CO[C@@H]1CC[C@@H]2OCCN(C(=O)c3ccc4[nH]c(C)c(C)c4c3)[C@H]2C1. The molecule has 0 bridgehead atoms. The highest BCUT2D eigenvalue weighted by Crippen LogP contribution is 2.31. The van der Waals surface area contributed by atoms with Gasteiger partial charge in [0.1, 0.15) is 0 Å². The van der Waals surface area contributed by atoms with Crippen molar-refractivity contribution >= 4 is 16.8 Å². The first-order valence-corrected chi connectivity index (χ1v) is 9.12. The average Bonchev–Trinajstić information content (AvgIpc) is 2.93. The number of methoxy groups -OCH3 is 1. The van der Waals surface area contributed by atoms with Crippen LogP contribution in [0.15, 0.2) is 18.2 Å². The molecule has 0 unspecified atom stereocenters. The summed E-state index contributed by atoms with van der Waals surface area (Å²) in [6, 6.07) is 6.09. The third kappa shape index (κ3) is 2.85. The van der Waals surface area contributed by atoms with Crippen LogP contribution in [-0.2, 0) is 9.47 Å². The van der Waals surface area contributed by atoms with E-state index in [1.807, 2.05) is 23.1 Å². The van der Waals surface area contributed by atoms with E-state index in [0.717, 1.165) is 41.4 Å². The second-order valence-electron chi connectivity index (χ2n) is 7.28. The molecule has 0 spiro atoms. The maximum absolute atomic E-state index is 13.2. The number of aromatic nitrogens is 1. The van der Waals surface area contributed by atoms with Crippen molar-refractivity contribution in [1.82, 2.24) is 9.88 Å². The van der Waals surface area contributed by atoms with E-state index in [-0.39, 0.29) is 24.2 Å². The highest BCUT2D eigenvalue weighted by molar-refractivity contribution is 5.99. The Balaban J connectivity index is 1.63. The maximum atomic E-state index is 13.2. The molecule has 1 aromatic carbocycles. The summed E-state index contributed by atoms with van der Waals surface area (Å²) < 4.78 is 11.5. The molecule has 5 heteroatoms. The molecule has 2 fully saturated rings. The number of benzene rings is 1. The summed E-state index contributed by atoms with van der Waals surface area (Å²) in [5.41, 5.74) is 4.21. The molecule has 3 atom stereocenters. The van der Waals surface area contributed by atoms with Crippen molar-refractivity contribution in [1.29, 1.82) is 0 Å². The molecule has 1 saturated carbocycles. The monoisotopic (exact) mass is 342 g/mol. The third-order valence-electron chi connectivity index (χ3n) is 5.92. The fourth-order valence-corrected chi connectivity index (χ4v) is 4.30. The van der Waals surface area contributed by atoms with E-state index in [4.69, 9.17) is 9.47 Å². The Morgan fingerprint density at radius 1 is 1.32 bits per heavy atom. The van der Waals surface area contributed by atoms with Gasteiger partial charge in [0.15, 0.2) is 0 Å². The number of carbonyl (C=O) groups excluding carboxylic acids is 1. The van der Waals surface area contributed by atoms with Crippen molar-refractivity contribution in [2.75, 3.05) is 20.3 Å². The fourth-order valence-electron chi connectivity index (χ4n) is 4.30. The van der Waals surface area contributed by atoms with Gasteiger partial charge in [-0.1, -0.05) is 0 Å². The van der Waals surface area contributed by atoms with Crippen molar-refractivity contribution in [2.45, 2.75) is 51.4 Å². The number of nitrogens with one attached hydrogen (secondary N) is 1. The zero-order chi connectivity index (χ0) is 17.6. The number of H-pyrrole nitrogens is 1. The van der Waals surface area contributed by atoms with Gasteiger partial charge in [-0.15, -0.1) is 0 Å². The number of nitrogens with zero attached hydrogens (tertiary/aromatic N) is 1. The lowest BCUT2D eigenvalue weighted by molar-refractivity contribution is -0.101. The van der Waals surface area contributed by atoms with Crippen molar-refractivity contribution in [3.63, 3.8) is 0 Å². The molecule has 0 radical (unpaired) electrons. The van der Waals surface area contributed by atoms with Crippen LogP contribution in [0.25, 0.3) is 10.9 Å². The molecule has 1 aliphatic heterocycles. The summed E-state index contributed by atoms with van der Waals surface area (Å²) in [6.45, 7) is 5.43. The predicted molar refractivity (Wildman–Crippen MR) is 97.0 cm³/mol. The molecule has 2 heterocycles. The summed E-state index contributed by atoms with van der Waals surface area (Å²) >= 11 is 0. The van der Waals surface area contributed by atoms with Crippen LogP contribution in [0, 0.1) is 13.8 Å². The van der Waals surface area contributed by atoms with Crippen molar-refractivity contribution < 1.29 is 14.3 Å². The smallest absolute Gasteiger partial charge is 0.254 e. The van der Waals surface area contributed by atoms with Gasteiger partial charge in [0.05, 0.1) is 24.9 Å². The average molecular weight is 342 g/mol. The third-order valence-corrected chi connectivity index (χ3v) is 5.92. The highest BCUT2D eigenvalue weighted by atomic mass is 16.5. The first kappa shape index (κ1) is 16.6. The van der Waals surface area contributed by atoms with E-state index in [1.165, 1.54) is 5.56 Å². The summed E-state index contributed by atoms with van der Waals surface area (Å²) in [7, 11) is 1.76. The molecule has 5 nitrogen and oxygen atoms in total. The minimum Gasteiger partial charge on any atom is -0.381 e. The Labute approximate surface area is 148 Å². The first-order chi connectivity index (χ1) is 12.1. The largest absolute Gasteiger partial charge is 0.381 e. The van der Waals surface area contributed by atoms with Gasteiger partial charge in [-0.2, -0.15) is 0 Å². The van der Waals surface area contributed by atoms with E-state index in [0.29, 0.717) is 13.2 Å². The molecule has 25 heavy (non-hydrogen) atoms. The zero-order valence-electron chi connectivity index (χ0n) is 15.2. The van der Waals surface area contributed by atoms with Crippen LogP contribution in [0.5, 0.6) is 0 Å². The lowest BCUT2D eigenvalue weighted by Crippen LogP contribution is -2.56. The van der Waals surface area contributed by atoms with Crippen molar-refractivity contribution in [2.24, 2.45) is 0 Å². The molecule has 2 aromatic rings. The lowest BCUT2D eigenvalue weighted by Gasteiger charge is -2.45. The molecule has 1 amide bonds. The normalized spacial score (nSPS) is 26.7. The van der Waals surface area contributed by atoms with Crippen LogP contribution in [0.4, 0.5) is 0 Å². The lowest BCUT2D eigenvalue weighted by atomic mass is 9.87. The van der Waals surface area contributed by atoms with Crippen LogP contribution in [0.1, 0.15) is 40.9 Å². The van der Waals surface area contributed by atoms with Crippen LogP contribution >= 0.6 is 0 Å². The quantitative estimate of drug-likeness (QED) is 0.912. The summed E-state index contributed by atoms with van der Waals surface area (Å²) in [5, 5.41) is 1.13. The standard InChI is InChI=1S/C20H26N2O3/c1-12-13(2)21-17-6-4-14(10-16(12)17)20(23)22-8-9-25-19-7-5-15(24-3)11-18(19)22/h4,6,10,15,18-19,21H,5,7-9,11H2,1-3H3/t15-,18+,19+/m1/s1. The molecular weight excluding hydrogens is 316 g/mol. The first-order valence-electron chi connectivity index (χ1n) is 9.12. The second kappa shape index (κ2) is 6.46. The van der Waals surface area contributed by atoms with E-state index < -0.39 is 0 Å². The second-order valence-corrected chi connectivity index (χ2v) is 7.28. The summed E-state index contributed by atoms with van der Waals surface area (Å²) in [5.74, 6) is 0.107. The van der Waals surface area contributed by atoms with Gasteiger partial charge >= 0.3 is 0 Å². The van der Waals surface area contributed by atoms with E-state index in [2.05, 4.69) is 18.8 Å². The number of carbonyl (C=O) groups is 1. The van der Waals surface area contributed by atoms with Crippen LogP contribution in [-0.4, -0.2) is 54.3 Å². The van der Waals surface area contributed by atoms with E-state index in [9.17, 15) is 4.79 Å². The molecule has 1 aromatic heterocycles. The summed E-state index contributed by atoms with van der Waals surface area (Å²) in [6.07, 6.45) is 3.19. The molecular formula is C20H26N2O3. The predicted octanol–water partition coefficient (Wildman–Crippen LogP) is 3.19. The number of ether oxygens (including phenoxy) is 2. The maximum Gasteiger partial charge on any atom is 0.254 e. The Bertz CT molecular complexity index is 798. The number of amides is 1. The zero-order valence-corrected chi connectivity index (χ0v) is 15.2. The molecule has 2 aliphatic rings. The van der Waals surface area contributed by atoms with E-state index in [1.54, 1.807) is 7.11 Å². The minimum atomic E-state index is 0.107. The fraction of sp³-hybridized carbons (Fsp3) is 0.550. The minimum absolute atomic E-state index is 0.107. The van der Waals surface area contributed by atoms with Crippen molar-refractivity contribution in [3.05, 3.63) is 35.0 Å². The van der Waals surface area contributed by atoms with Crippen molar-refractivity contribution in [3.8, 4) is 0 Å². The number of aryl methyl sites for hydroxylation is 2. The van der Waals surface area contributed by atoms with Gasteiger partial charge in [-0.25, -0.2) is 0 Å². The number of hydrogen-bond acceptors (Lipinski definition) is 3. The van der Waals surface area contributed by atoms with Gasteiger partial charge in [0.25, 0.3) is 5.91 Å². The van der Waals surface area contributed by atoms with Gasteiger partial charge < -0.3 is 19.4 Å². The number of rotatable bonds is 2. The van der Waals surface area contributed by atoms with Crippen LogP contribution in [0.2, 0.25) is 0 Å². The van der Waals surface area contributed by atoms with E-state index >= 15 is 0 Å². The van der Waals surface area contributed by atoms with Crippen LogP contribution in [0.3, 0.4) is 0 Å². The van der Waals surface area contributed by atoms with Gasteiger partial charge in [0, 0.05) is 35.8 Å². The van der Waals surface area contributed by atoms with Gasteiger partial charge in [-0.3, -0.25) is 4.79 Å². The number of morpholine rings is 1. The number of fused-ring (bicyclic) bond motifs is 2. The number of aromatic amines is 1. The molecule has 134 valence electrons. The molecule has 1 saturated heterocycles. The molecule has 1 N–H and O–H groups in total.